The van der Waals surface area contributed by atoms with Crippen LogP contribution in [0.2, 0.25) is 5.02 Å². The monoisotopic (exact) mass is 589 g/mol. The lowest BCUT2D eigenvalue weighted by Gasteiger charge is -2.29. The van der Waals surface area contributed by atoms with Crippen molar-refractivity contribution in [1.29, 1.82) is 0 Å². The van der Waals surface area contributed by atoms with Crippen LogP contribution < -0.4 is 4.74 Å². The molecule has 0 radical (unpaired) electrons. The van der Waals surface area contributed by atoms with Crippen LogP contribution in [0.5, 0.6) is 5.75 Å². The number of esters is 1. The van der Waals surface area contributed by atoms with Gasteiger partial charge in [0.1, 0.15) is 22.7 Å². The van der Waals surface area contributed by atoms with E-state index in [1.165, 1.54) is 72.0 Å². The Morgan fingerprint density at radius 3 is 2.22 bits per heavy atom. The number of carbonyl (C=O) groups excluding carboxylic acids is 5. The number of nitro benzene ring substituents is 1. The highest BCUT2D eigenvalue weighted by molar-refractivity contribution is 7.12. The highest BCUT2D eigenvalue weighted by atomic mass is 35.5. The number of ketones is 1. The van der Waals surface area contributed by atoms with Crippen molar-refractivity contribution < 1.29 is 33.6 Å². The summed E-state index contributed by atoms with van der Waals surface area (Å²) in [5.74, 6) is -4.09. The number of benzene rings is 3. The summed E-state index contributed by atoms with van der Waals surface area (Å²) in [5.41, 5.74) is -1.29. The van der Waals surface area contributed by atoms with Crippen LogP contribution in [-0.2, 0) is 0 Å². The van der Waals surface area contributed by atoms with Gasteiger partial charge in [-0.1, -0.05) is 23.7 Å². The largest absolute Gasteiger partial charge is 0.422 e. The second kappa shape index (κ2) is 11.1. The molecule has 11 nitrogen and oxygen atoms in total. The van der Waals surface area contributed by atoms with Gasteiger partial charge in [0.05, 0.1) is 10.5 Å². The van der Waals surface area contributed by atoms with Crippen LogP contribution in [0.1, 0.15) is 51.1 Å². The zero-order chi connectivity index (χ0) is 29.3. The Bertz CT molecular complexity index is 1720. The third kappa shape index (κ3) is 5.33. The average Bonchev–Trinajstić information content (AvgIpc) is 3.59. The third-order valence-electron chi connectivity index (χ3n) is 6.04. The number of hydrogen-bond donors (Lipinski definition) is 0. The topological polar surface area (TPSA) is 144 Å². The van der Waals surface area contributed by atoms with E-state index in [2.05, 4.69) is 0 Å². The van der Waals surface area contributed by atoms with Gasteiger partial charge >= 0.3 is 5.97 Å². The number of hydrogen-bond acceptors (Lipinski definition) is 9. The van der Waals surface area contributed by atoms with Crippen LogP contribution in [0, 0.1) is 10.1 Å². The molecular formula is C28H16ClN3O8S. The van der Waals surface area contributed by atoms with Crippen molar-refractivity contribution in [2.75, 3.05) is 6.54 Å². The molecule has 0 fully saturated rings. The molecule has 0 N–H and O–H groups in total. The van der Waals surface area contributed by atoms with Gasteiger partial charge < -0.3 is 4.74 Å². The fourth-order valence-electron chi connectivity index (χ4n) is 4.09. The van der Waals surface area contributed by atoms with Crippen molar-refractivity contribution >= 4 is 58.1 Å². The molecule has 0 saturated heterocycles. The molecule has 41 heavy (non-hydrogen) atoms. The fourth-order valence-corrected chi connectivity index (χ4v) is 4.81. The van der Waals surface area contributed by atoms with E-state index in [4.69, 9.17) is 16.3 Å². The zero-order valence-corrected chi connectivity index (χ0v) is 22.3. The van der Waals surface area contributed by atoms with Crippen molar-refractivity contribution in [2.45, 2.75) is 0 Å². The van der Waals surface area contributed by atoms with Crippen molar-refractivity contribution in [2.24, 2.45) is 0 Å². The van der Waals surface area contributed by atoms with Crippen LogP contribution in [0.25, 0.3) is 0 Å². The Morgan fingerprint density at radius 1 is 0.902 bits per heavy atom. The second-order valence-corrected chi connectivity index (χ2v) is 9.95. The van der Waals surface area contributed by atoms with Crippen molar-refractivity contribution in [1.82, 2.24) is 10.0 Å². The van der Waals surface area contributed by atoms with E-state index in [1.807, 2.05) is 0 Å². The van der Waals surface area contributed by atoms with Gasteiger partial charge in [0.25, 0.3) is 23.4 Å². The van der Waals surface area contributed by atoms with Gasteiger partial charge in [0.15, 0.2) is 5.78 Å². The summed E-state index contributed by atoms with van der Waals surface area (Å²) in [4.78, 5) is 76.8. The fraction of sp³-hybridized carbons (Fsp3) is 0.0357. The van der Waals surface area contributed by atoms with Gasteiger partial charge in [0, 0.05) is 22.2 Å². The van der Waals surface area contributed by atoms with Crippen LogP contribution in [0.15, 0.2) is 84.2 Å². The first-order valence-corrected chi connectivity index (χ1v) is 13.0. The molecular weight excluding hydrogens is 574 g/mol. The molecule has 0 bridgehead atoms. The third-order valence-corrected chi connectivity index (χ3v) is 7.14. The normalized spacial score (nSPS) is 12.2. The molecule has 204 valence electrons. The highest BCUT2D eigenvalue weighted by Gasteiger charge is 2.46. The summed E-state index contributed by atoms with van der Waals surface area (Å²) < 4.78 is 5.29. The van der Waals surface area contributed by atoms with Crippen LogP contribution >= 0.6 is 22.9 Å². The van der Waals surface area contributed by atoms with Gasteiger partial charge in [-0.2, -0.15) is 5.01 Å². The van der Waals surface area contributed by atoms with Crippen molar-refractivity contribution in [3.05, 3.63) is 127 Å². The molecule has 1 aliphatic rings. The summed E-state index contributed by atoms with van der Waals surface area (Å²) in [6.45, 7) is -0.769. The van der Waals surface area contributed by atoms with E-state index in [0.717, 1.165) is 6.07 Å². The number of carbonyl (C=O) groups is 5. The maximum atomic E-state index is 13.6. The molecule has 13 heteroatoms. The molecule has 0 aliphatic carbocycles. The number of imide groups is 1. The number of nitro groups is 1. The molecule has 0 unspecified atom stereocenters. The predicted octanol–water partition coefficient (Wildman–Crippen LogP) is 5.07. The maximum Gasteiger partial charge on any atom is 0.353 e. The number of rotatable bonds is 8. The van der Waals surface area contributed by atoms with Crippen LogP contribution in [0.4, 0.5) is 5.69 Å². The number of nitrogens with zero attached hydrogens (tertiary/aromatic N) is 3. The summed E-state index contributed by atoms with van der Waals surface area (Å²) >= 11 is 7.13. The Balaban J connectivity index is 1.44. The Morgan fingerprint density at radius 2 is 1.59 bits per heavy atom. The standard InChI is InChI=1S/C28H16ClN3O8S/c29-18-10-6-17(7-11-18)25(34)30(31-26(35)20-3-1-4-21(32(38)39)24(20)27(31)36)15-22(33)16-8-12-19(13-9-16)40-28(37)23-5-2-14-41-23/h1-14H,15H2. The van der Waals surface area contributed by atoms with Gasteiger partial charge in [-0.3, -0.25) is 29.3 Å². The van der Waals surface area contributed by atoms with E-state index in [1.54, 1.807) is 17.5 Å². The van der Waals surface area contributed by atoms with Gasteiger partial charge in [-0.25, -0.2) is 9.80 Å². The SMILES string of the molecule is O=C(CN(C(=O)c1ccc(Cl)cc1)N1C(=O)c2cccc([N+](=O)[O-])c2C1=O)c1ccc(OC(=O)c2cccs2)cc1. The Kier molecular flexibility index (Phi) is 7.42. The van der Waals surface area contributed by atoms with E-state index in [-0.39, 0.29) is 22.4 Å². The first kappa shape index (κ1) is 27.4. The summed E-state index contributed by atoms with van der Waals surface area (Å²) in [7, 11) is 0. The van der Waals surface area contributed by atoms with Gasteiger partial charge in [-0.05, 0) is 66.0 Å². The molecule has 3 amide bonds. The lowest BCUT2D eigenvalue weighted by atomic mass is 10.1. The lowest BCUT2D eigenvalue weighted by Crippen LogP contribution is -2.51. The first-order chi connectivity index (χ1) is 19.7. The number of fused-ring (bicyclic) bond motifs is 1. The average molecular weight is 590 g/mol. The minimum absolute atomic E-state index is 0.00379. The number of thiophene rings is 1. The van der Waals surface area contributed by atoms with E-state index >= 15 is 0 Å². The van der Waals surface area contributed by atoms with E-state index in [9.17, 15) is 34.1 Å². The minimum atomic E-state index is -1.12. The summed E-state index contributed by atoms with van der Waals surface area (Å²) in [5, 5.41) is 14.7. The van der Waals surface area contributed by atoms with Gasteiger partial charge in [-0.15, -0.1) is 11.3 Å². The number of ether oxygens (including phenoxy) is 1. The molecule has 2 heterocycles. The van der Waals surface area contributed by atoms with Gasteiger partial charge in [0.2, 0.25) is 0 Å². The number of amides is 3. The quantitative estimate of drug-likeness (QED) is 0.0692. The van der Waals surface area contributed by atoms with Crippen molar-refractivity contribution in [3.63, 3.8) is 0 Å². The maximum absolute atomic E-state index is 13.6. The number of halogens is 1. The molecule has 1 aromatic heterocycles. The molecule has 5 rings (SSSR count). The zero-order valence-electron chi connectivity index (χ0n) is 20.7. The molecule has 3 aromatic carbocycles. The Hall–Kier alpha value is -5.20. The molecule has 4 aromatic rings. The lowest BCUT2D eigenvalue weighted by molar-refractivity contribution is -0.385. The van der Waals surface area contributed by atoms with E-state index in [0.29, 0.717) is 19.9 Å². The molecule has 1 aliphatic heterocycles. The second-order valence-electron chi connectivity index (χ2n) is 8.56. The van der Waals surface area contributed by atoms with Crippen LogP contribution in [0.3, 0.4) is 0 Å². The van der Waals surface area contributed by atoms with Crippen LogP contribution in [-0.4, -0.2) is 51.0 Å². The minimum Gasteiger partial charge on any atom is -0.422 e. The highest BCUT2D eigenvalue weighted by Crippen LogP contribution is 2.32. The molecule has 0 saturated carbocycles. The molecule has 0 atom stereocenters. The predicted molar refractivity (Wildman–Crippen MR) is 146 cm³/mol. The van der Waals surface area contributed by atoms with Crippen molar-refractivity contribution in [3.8, 4) is 5.75 Å². The summed E-state index contributed by atoms with van der Waals surface area (Å²) in [6, 6.07) is 17.9. The number of Topliss-reactive ketones (excluding diaryl/α,β-unsaturated/α-hetero) is 1. The smallest absolute Gasteiger partial charge is 0.353 e. The first-order valence-electron chi connectivity index (χ1n) is 11.8. The summed E-state index contributed by atoms with van der Waals surface area (Å²) in [6.07, 6.45) is 0. The Labute approximate surface area is 240 Å². The molecule has 0 spiro atoms. The van der Waals surface area contributed by atoms with E-state index < -0.39 is 52.2 Å². The number of hydrazine groups is 1.